The number of oxazole rings is 1. The molecule has 2 aromatic heterocycles. The van der Waals surface area contributed by atoms with Gasteiger partial charge in [-0.2, -0.15) is 0 Å². The van der Waals surface area contributed by atoms with Crippen molar-refractivity contribution in [2.24, 2.45) is 0 Å². The zero-order valence-corrected chi connectivity index (χ0v) is 11.1. The van der Waals surface area contributed by atoms with Crippen LogP contribution in [0.1, 0.15) is 0 Å². The van der Waals surface area contributed by atoms with E-state index in [9.17, 15) is 0 Å². The number of aromatic nitrogens is 1. The highest BCUT2D eigenvalue weighted by molar-refractivity contribution is 9.10. The summed E-state index contributed by atoms with van der Waals surface area (Å²) in [7, 11) is 0. The molecule has 0 aliphatic heterocycles. The number of fused-ring (bicyclic) bond motifs is 1. The summed E-state index contributed by atoms with van der Waals surface area (Å²) in [5.41, 5.74) is 1.40. The smallest absolute Gasteiger partial charge is 0.237 e. The van der Waals surface area contributed by atoms with E-state index >= 15 is 0 Å². The lowest BCUT2D eigenvalue weighted by atomic mass is 10.3. The van der Waals surface area contributed by atoms with Crippen molar-refractivity contribution in [3.63, 3.8) is 0 Å². The molecule has 0 N–H and O–H groups in total. The molecule has 0 radical (unpaired) electrons. The Balaban J connectivity index is 2.27. The van der Waals surface area contributed by atoms with Crippen LogP contribution in [0.5, 0.6) is 0 Å². The predicted octanol–water partition coefficient (Wildman–Crippen LogP) is 4.97. The number of thiophene rings is 1. The molecule has 0 fully saturated rings. The van der Waals surface area contributed by atoms with Crippen LogP contribution >= 0.6 is 38.9 Å². The molecule has 2 nitrogen and oxygen atoms in total. The van der Waals surface area contributed by atoms with E-state index in [4.69, 9.17) is 16.0 Å². The maximum absolute atomic E-state index is 6.08. The lowest BCUT2D eigenvalue weighted by molar-refractivity contribution is 0.622. The molecule has 0 aliphatic rings. The van der Waals surface area contributed by atoms with Crippen molar-refractivity contribution in [3.8, 4) is 10.8 Å². The topological polar surface area (TPSA) is 26.0 Å². The highest BCUT2D eigenvalue weighted by Crippen LogP contribution is 2.33. The fourth-order valence-electron chi connectivity index (χ4n) is 1.47. The molecule has 3 rings (SSSR count). The summed E-state index contributed by atoms with van der Waals surface area (Å²) < 4.78 is 6.54. The maximum atomic E-state index is 6.08. The minimum absolute atomic E-state index is 0.569. The van der Waals surface area contributed by atoms with Crippen LogP contribution in [0.15, 0.2) is 38.5 Å². The van der Waals surface area contributed by atoms with E-state index in [2.05, 4.69) is 20.9 Å². The predicted molar refractivity (Wildman–Crippen MR) is 70.0 cm³/mol. The molecule has 16 heavy (non-hydrogen) atoms. The number of nitrogens with zero attached hydrogens (tertiary/aromatic N) is 1. The van der Waals surface area contributed by atoms with Gasteiger partial charge in [0.15, 0.2) is 5.58 Å². The number of hydrogen-bond acceptors (Lipinski definition) is 3. The number of hydrogen-bond donors (Lipinski definition) is 0. The normalized spacial score (nSPS) is 11.1. The Labute approximate surface area is 109 Å². The van der Waals surface area contributed by atoms with Crippen LogP contribution in [0.3, 0.4) is 0 Å². The van der Waals surface area contributed by atoms with Crippen molar-refractivity contribution in [1.29, 1.82) is 0 Å². The molecule has 0 aliphatic carbocycles. The number of benzene rings is 1. The molecular weight excluding hydrogens is 310 g/mol. The minimum Gasteiger partial charge on any atom is -0.434 e. The van der Waals surface area contributed by atoms with E-state index in [-0.39, 0.29) is 0 Å². The lowest BCUT2D eigenvalue weighted by Crippen LogP contribution is -1.71. The summed E-state index contributed by atoms with van der Waals surface area (Å²) >= 11 is 11.0. The van der Waals surface area contributed by atoms with Gasteiger partial charge in [-0.05, 0) is 23.6 Å². The van der Waals surface area contributed by atoms with Crippen LogP contribution in [0.25, 0.3) is 21.9 Å². The van der Waals surface area contributed by atoms with Crippen molar-refractivity contribution in [2.75, 3.05) is 0 Å². The van der Waals surface area contributed by atoms with Crippen LogP contribution in [0.4, 0.5) is 0 Å². The Morgan fingerprint density at radius 2 is 2.25 bits per heavy atom. The van der Waals surface area contributed by atoms with Crippen molar-refractivity contribution < 1.29 is 4.42 Å². The van der Waals surface area contributed by atoms with Gasteiger partial charge in [0.1, 0.15) is 5.52 Å². The highest BCUT2D eigenvalue weighted by Gasteiger charge is 2.12. The largest absolute Gasteiger partial charge is 0.434 e. The second-order valence-electron chi connectivity index (χ2n) is 3.23. The summed E-state index contributed by atoms with van der Waals surface area (Å²) in [5.74, 6) is 0.616. The average molecular weight is 315 g/mol. The van der Waals surface area contributed by atoms with Crippen molar-refractivity contribution in [2.45, 2.75) is 0 Å². The van der Waals surface area contributed by atoms with Crippen LogP contribution in [-0.4, -0.2) is 4.98 Å². The zero-order valence-electron chi connectivity index (χ0n) is 7.91. The van der Waals surface area contributed by atoms with Crippen LogP contribution in [0, 0.1) is 0 Å². The first-order valence-electron chi connectivity index (χ1n) is 4.53. The Bertz CT molecular complexity index is 647. The van der Waals surface area contributed by atoms with Crippen molar-refractivity contribution in [3.05, 3.63) is 39.1 Å². The van der Waals surface area contributed by atoms with Gasteiger partial charge < -0.3 is 4.42 Å². The molecule has 2 heterocycles. The van der Waals surface area contributed by atoms with Gasteiger partial charge >= 0.3 is 0 Å². The Morgan fingerprint density at radius 1 is 1.38 bits per heavy atom. The van der Waals surface area contributed by atoms with E-state index in [1.807, 2.05) is 23.6 Å². The van der Waals surface area contributed by atoms with Gasteiger partial charge in [-0.3, -0.25) is 0 Å². The van der Waals surface area contributed by atoms with Crippen molar-refractivity contribution >= 4 is 50.0 Å². The minimum atomic E-state index is 0.569. The summed E-state index contributed by atoms with van der Waals surface area (Å²) in [6.45, 7) is 0. The third-order valence-corrected chi connectivity index (χ3v) is 3.74. The molecule has 0 saturated carbocycles. The Kier molecular flexibility index (Phi) is 2.50. The van der Waals surface area contributed by atoms with Gasteiger partial charge in [0, 0.05) is 4.47 Å². The van der Waals surface area contributed by atoms with Crippen LogP contribution < -0.4 is 0 Å². The molecule has 0 amide bonds. The van der Waals surface area contributed by atoms with E-state index in [0.717, 1.165) is 14.9 Å². The lowest BCUT2D eigenvalue weighted by Gasteiger charge is -1.91. The summed E-state index contributed by atoms with van der Waals surface area (Å²) in [6, 6.07) is 7.62. The third kappa shape index (κ3) is 1.67. The van der Waals surface area contributed by atoms with Crippen molar-refractivity contribution in [1.82, 2.24) is 4.98 Å². The standard InChI is InChI=1S/C11H5BrClNOS/c12-6-4-7(13)10-8(5-6)14-11(15-10)9-2-1-3-16-9/h1-5H. The van der Waals surface area contributed by atoms with Gasteiger partial charge in [0.2, 0.25) is 5.89 Å². The summed E-state index contributed by atoms with van der Waals surface area (Å²) in [4.78, 5) is 5.41. The quantitative estimate of drug-likeness (QED) is 0.633. The molecule has 0 unspecified atom stereocenters. The van der Waals surface area contributed by atoms with E-state index < -0.39 is 0 Å². The molecule has 1 aromatic carbocycles. The monoisotopic (exact) mass is 313 g/mol. The zero-order chi connectivity index (χ0) is 11.1. The fraction of sp³-hybridized carbons (Fsp3) is 0. The molecule has 5 heteroatoms. The van der Waals surface area contributed by atoms with E-state index in [1.165, 1.54) is 0 Å². The SMILES string of the molecule is Clc1cc(Br)cc2nc(-c3cccs3)oc12. The highest BCUT2D eigenvalue weighted by atomic mass is 79.9. The van der Waals surface area contributed by atoms with Crippen LogP contribution in [-0.2, 0) is 0 Å². The van der Waals surface area contributed by atoms with Crippen LogP contribution in [0.2, 0.25) is 5.02 Å². The molecule has 3 aromatic rings. The Morgan fingerprint density at radius 3 is 3.00 bits per heavy atom. The maximum Gasteiger partial charge on any atom is 0.237 e. The van der Waals surface area contributed by atoms with Gasteiger partial charge in [0.05, 0.1) is 9.90 Å². The van der Waals surface area contributed by atoms with E-state index in [1.54, 1.807) is 17.4 Å². The summed E-state index contributed by atoms with van der Waals surface area (Å²) in [6.07, 6.45) is 0. The molecule has 80 valence electrons. The first-order chi connectivity index (χ1) is 7.74. The summed E-state index contributed by atoms with van der Waals surface area (Å²) in [5, 5.41) is 2.56. The second kappa shape index (κ2) is 3.87. The van der Waals surface area contributed by atoms with Gasteiger partial charge in [-0.15, -0.1) is 11.3 Å². The second-order valence-corrected chi connectivity index (χ2v) is 5.50. The molecular formula is C11H5BrClNOS. The molecule has 0 spiro atoms. The molecule has 0 bridgehead atoms. The number of halogens is 2. The first-order valence-corrected chi connectivity index (χ1v) is 6.58. The van der Waals surface area contributed by atoms with Gasteiger partial charge in [0.25, 0.3) is 0 Å². The first kappa shape index (κ1) is 10.3. The molecule has 0 atom stereocenters. The van der Waals surface area contributed by atoms with E-state index in [0.29, 0.717) is 16.5 Å². The number of rotatable bonds is 1. The molecule has 0 saturated heterocycles. The van der Waals surface area contributed by atoms with Gasteiger partial charge in [-0.1, -0.05) is 33.6 Å². The third-order valence-electron chi connectivity index (χ3n) is 2.14. The fourth-order valence-corrected chi connectivity index (χ4v) is 2.94. The average Bonchev–Trinajstić information content (AvgIpc) is 2.82. The Hall–Kier alpha value is -0.840. The van der Waals surface area contributed by atoms with Gasteiger partial charge in [-0.25, -0.2) is 4.98 Å².